The molecule has 4 heterocycles. The van der Waals surface area contributed by atoms with Crippen molar-refractivity contribution in [2.24, 2.45) is 0 Å². The molecule has 0 atom stereocenters. The Bertz CT molecular complexity index is 2520. The lowest BCUT2D eigenvalue weighted by Crippen LogP contribution is -2.21. The molecular formula is C41H33N3O3S3. The van der Waals surface area contributed by atoms with Gasteiger partial charge in [-0.2, -0.15) is 5.26 Å². The van der Waals surface area contributed by atoms with E-state index in [1.54, 1.807) is 29.8 Å². The molecule has 0 bridgehead atoms. The molecule has 0 unspecified atom stereocenters. The molecule has 0 saturated heterocycles. The second-order valence-corrected chi connectivity index (χ2v) is 15.8. The number of nitriles is 1. The van der Waals surface area contributed by atoms with Crippen LogP contribution in [0.4, 0.5) is 0 Å². The number of carbonyl (C=O) groups excluding carboxylic acids is 1. The number of benzene rings is 3. The van der Waals surface area contributed by atoms with Gasteiger partial charge in [0.05, 0.1) is 35.7 Å². The average molecular weight is 712 g/mol. The summed E-state index contributed by atoms with van der Waals surface area (Å²) in [5, 5.41) is 10.9. The number of esters is 1. The van der Waals surface area contributed by atoms with Crippen LogP contribution in [-0.2, 0) is 14.9 Å². The van der Waals surface area contributed by atoms with Crippen molar-refractivity contribution in [3.63, 3.8) is 0 Å². The fraction of sp³-hybridized carbons (Fsp3) is 0.146. The Labute approximate surface area is 302 Å². The van der Waals surface area contributed by atoms with E-state index in [2.05, 4.69) is 122 Å². The molecule has 0 saturated carbocycles. The molecule has 7 aromatic rings. The minimum atomic E-state index is -0.678. The number of thiazole rings is 1. The lowest BCUT2D eigenvalue weighted by molar-refractivity contribution is -0.133. The van der Waals surface area contributed by atoms with E-state index in [0.717, 1.165) is 48.2 Å². The molecule has 4 aromatic heterocycles. The number of ether oxygens (including phenoxy) is 2. The maximum absolute atomic E-state index is 12.3. The van der Waals surface area contributed by atoms with Crippen LogP contribution in [0.2, 0.25) is 0 Å². The summed E-state index contributed by atoms with van der Waals surface area (Å²) in [7, 11) is 2.96. The van der Waals surface area contributed by atoms with Crippen LogP contribution in [0.5, 0.6) is 5.75 Å². The van der Waals surface area contributed by atoms with Gasteiger partial charge in [0.25, 0.3) is 0 Å². The van der Waals surface area contributed by atoms with Crippen LogP contribution in [0.15, 0.2) is 103 Å². The predicted octanol–water partition coefficient (Wildman–Crippen LogP) is 9.19. The molecule has 3 aromatic carbocycles. The van der Waals surface area contributed by atoms with Gasteiger partial charge >= 0.3 is 5.97 Å². The smallest absolute Gasteiger partial charge is 0.351 e. The number of methoxy groups -OCH3 is 2. The largest absolute Gasteiger partial charge is 0.497 e. The molecule has 0 N–H and O–H groups in total. The summed E-state index contributed by atoms with van der Waals surface area (Å²) in [6, 6.07) is 38.1. The molecule has 7 rings (SSSR count). The highest BCUT2D eigenvalue weighted by Crippen LogP contribution is 2.47. The molecular weight excluding hydrogens is 679 g/mol. The number of para-hydroxylation sites is 1. The third-order valence-electron chi connectivity index (χ3n) is 8.33. The highest BCUT2D eigenvalue weighted by molar-refractivity contribution is 7.24. The van der Waals surface area contributed by atoms with Gasteiger partial charge in [0.15, 0.2) is 5.57 Å². The number of carbonyl (C=O) groups is 1. The first-order chi connectivity index (χ1) is 24.2. The van der Waals surface area contributed by atoms with Crippen LogP contribution in [0.25, 0.3) is 59.7 Å². The van der Waals surface area contributed by atoms with E-state index < -0.39 is 5.97 Å². The van der Waals surface area contributed by atoms with Crippen LogP contribution in [-0.4, -0.2) is 29.7 Å². The Morgan fingerprint density at radius 2 is 1.50 bits per heavy atom. The van der Waals surface area contributed by atoms with Crippen molar-refractivity contribution in [1.82, 2.24) is 9.55 Å². The first-order valence-corrected chi connectivity index (χ1v) is 18.4. The molecule has 0 aliphatic carbocycles. The monoisotopic (exact) mass is 711 g/mol. The molecule has 248 valence electrons. The zero-order valence-electron chi connectivity index (χ0n) is 28.2. The number of fused-ring (bicyclic) bond motifs is 1. The number of thiophene rings is 2. The summed E-state index contributed by atoms with van der Waals surface area (Å²) >= 11 is 4.83. The Hall–Kier alpha value is -5.27. The molecule has 0 amide bonds. The van der Waals surface area contributed by atoms with Crippen molar-refractivity contribution < 1.29 is 14.3 Å². The van der Waals surface area contributed by atoms with Gasteiger partial charge in [-0.25, -0.2) is 9.78 Å². The zero-order chi connectivity index (χ0) is 35.0. The first-order valence-electron chi connectivity index (χ1n) is 16.0. The summed E-state index contributed by atoms with van der Waals surface area (Å²) in [5.74, 6) is 0.140. The van der Waals surface area contributed by atoms with E-state index in [9.17, 15) is 10.1 Å². The lowest BCUT2D eigenvalue weighted by atomic mass is 9.92. The van der Waals surface area contributed by atoms with Crippen molar-refractivity contribution in [3.8, 4) is 49.0 Å². The number of hydrogen-bond donors (Lipinski definition) is 0. The van der Waals surface area contributed by atoms with Crippen molar-refractivity contribution in [2.45, 2.75) is 26.2 Å². The van der Waals surface area contributed by atoms with E-state index in [1.807, 2.05) is 18.2 Å². The summed E-state index contributed by atoms with van der Waals surface area (Å²) in [4.78, 5) is 21.6. The zero-order valence-corrected chi connectivity index (χ0v) is 30.6. The summed E-state index contributed by atoms with van der Waals surface area (Å²) in [6.45, 7) is 6.24. The van der Waals surface area contributed by atoms with E-state index in [0.29, 0.717) is 4.66 Å². The molecule has 50 heavy (non-hydrogen) atoms. The SMILES string of the molecule is COC(=O)/C(C#N)=c1/nc(C(C)(C)C)c(=Cc2ccc(-c3ccc(-c4c(-c5ccccc5)n(-c5ccc(OC)cc5)c5ccccc45)s3)s2)s1. The number of nitrogens with zero attached hydrogens (tertiary/aromatic N) is 3. The van der Waals surface area contributed by atoms with Crippen LogP contribution >= 0.6 is 34.0 Å². The third kappa shape index (κ3) is 6.18. The van der Waals surface area contributed by atoms with Gasteiger partial charge < -0.3 is 14.0 Å². The van der Waals surface area contributed by atoms with Gasteiger partial charge in [-0.3, -0.25) is 0 Å². The quantitative estimate of drug-likeness (QED) is 0.154. The lowest BCUT2D eigenvalue weighted by Gasteiger charge is -2.14. The topological polar surface area (TPSA) is 77.1 Å². The highest BCUT2D eigenvalue weighted by Gasteiger charge is 2.24. The van der Waals surface area contributed by atoms with E-state index in [1.165, 1.54) is 39.2 Å². The summed E-state index contributed by atoms with van der Waals surface area (Å²) < 4.78 is 14.0. The van der Waals surface area contributed by atoms with Crippen molar-refractivity contribution in [3.05, 3.63) is 123 Å². The van der Waals surface area contributed by atoms with Gasteiger partial charge in [0.1, 0.15) is 16.5 Å². The van der Waals surface area contributed by atoms with E-state index in [4.69, 9.17) is 14.5 Å². The molecule has 9 heteroatoms. The summed E-state index contributed by atoms with van der Waals surface area (Å²) in [6.07, 6.45) is 2.10. The van der Waals surface area contributed by atoms with Crippen molar-refractivity contribution >= 4 is 62.5 Å². The van der Waals surface area contributed by atoms with Crippen molar-refractivity contribution in [1.29, 1.82) is 5.26 Å². The van der Waals surface area contributed by atoms with Crippen LogP contribution in [0.3, 0.4) is 0 Å². The fourth-order valence-electron chi connectivity index (χ4n) is 6.01. The second kappa shape index (κ2) is 13.6. The Balaban J connectivity index is 1.35. The van der Waals surface area contributed by atoms with Gasteiger partial charge in [-0.1, -0.05) is 69.3 Å². The highest BCUT2D eigenvalue weighted by atomic mass is 32.1. The van der Waals surface area contributed by atoms with Crippen LogP contribution in [0.1, 0.15) is 31.3 Å². The van der Waals surface area contributed by atoms with E-state index >= 15 is 0 Å². The third-order valence-corrected chi connectivity index (χ3v) is 11.7. The minimum absolute atomic E-state index is 0.0798. The normalized spacial score (nSPS) is 12.6. The number of aromatic nitrogens is 2. The fourth-order valence-corrected chi connectivity index (χ4v) is 9.40. The van der Waals surface area contributed by atoms with Crippen LogP contribution < -0.4 is 13.9 Å². The van der Waals surface area contributed by atoms with Gasteiger partial charge in [0, 0.05) is 41.6 Å². The Morgan fingerprint density at radius 3 is 2.20 bits per heavy atom. The van der Waals surface area contributed by atoms with Gasteiger partial charge in [-0.15, -0.1) is 34.0 Å². The van der Waals surface area contributed by atoms with Crippen molar-refractivity contribution in [2.75, 3.05) is 14.2 Å². The Morgan fingerprint density at radius 1 is 0.820 bits per heavy atom. The summed E-state index contributed by atoms with van der Waals surface area (Å²) in [5.41, 5.74) is 6.15. The molecule has 0 radical (unpaired) electrons. The molecule has 6 nitrogen and oxygen atoms in total. The van der Waals surface area contributed by atoms with Gasteiger partial charge in [-0.05, 0) is 66.2 Å². The first kappa shape index (κ1) is 33.2. The van der Waals surface area contributed by atoms with Crippen LogP contribution in [0, 0.1) is 11.3 Å². The van der Waals surface area contributed by atoms with E-state index in [-0.39, 0.29) is 11.0 Å². The average Bonchev–Trinajstić information content (AvgIpc) is 3.94. The molecule has 0 fully saturated rings. The standard InChI is InChI=1S/C41H33N3O3S3/c1-41(2,3)38-35(50-39(43-38)30(24-42)40(45)47-5)23-28-19-20-32(48-28)33-21-22-34(49-33)36-29-13-9-10-14-31(29)44(26-15-17-27(46-4)18-16-26)37(36)25-11-7-6-8-12-25/h6-23H,1-5H3/b35-23?,39-30-. The number of rotatable bonds is 7. The maximum atomic E-state index is 12.3. The maximum Gasteiger partial charge on any atom is 0.351 e. The molecule has 0 aliphatic rings. The Kier molecular flexibility index (Phi) is 9.02. The second-order valence-electron chi connectivity index (χ2n) is 12.6. The minimum Gasteiger partial charge on any atom is -0.497 e. The molecule has 0 spiro atoms. The number of hydrogen-bond acceptors (Lipinski definition) is 8. The van der Waals surface area contributed by atoms with Gasteiger partial charge in [0.2, 0.25) is 0 Å². The predicted molar refractivity (Wildman–Crippen MR) is 207 cm³/mol. The molecule has 0 aliphatic heterocycles.